The van der Waals surface area contributed by atoms with Crippen molar-refractivity contribution in [3.8, 4) is 0 Å². The number of carboxylic acids is 2. The number of carboxylic acid groups (broad SMARTS) is 2. The molecule has 0 unspecified atom stereocenters. The van der Waals surface area contributed by atoms with Crippen molar-refractivity contribution in [1.82, 2.24) is 0 Å². The second kappa shape index (κ2) is 46.1. The molecule has 45 heavy (non-hydrogen) atoms. The van der Waals surface area contributed by atoms with Crippen molar-refractivity contribution in [2.75, 3.05) is 0 Å². The molecule has 0 rings (SSSR count). The third kappa shape index (κ3) is 53.7. The molecule has 5 heteroatoms. The Labute approximate surface area is 304 Å². The maximum atomic E-state index is 10.4. The number of carbonyl (C=O) groups excluding carboxylic acids is 1. The molecule has 0 aliphatic heterocycles. The Bertz CT molecular complexity index is 554. The van der Waals surface area contributed by atoms with E-state index >= 15 is 0 Å². The van der Waals surface area contributed by atoms with Crippen LogP contribution in [0.15, 0.2) is 0 Å². The molecule has 0 aromatic heterocycles. The normalized spacial score (nSPS) is 10.7. The van der Waals surface area contributed by atoms with Crippen LogP contribution in [0, 0.1) is 0 Å². The van der Waals surface area contributed by atoms with Crippen LogP contribution in [0.3, 0.4) is 0 Å². The summed E-state index contributed by atoms with van der Waals surface area (Å²) in [5.74, 6) is -1.55. The maximum absolute atomic E-state index is 10.4. The van der Waals surface area contributed by atoms with Gasteiger partial charge in [0, 0.05) is 12.4 Å². The SMILES string of the molecule is CCCCCCCCCCCCCCCCCC(=O)[O-].CCCCCCCCCCCCCCCCCCCCCC(=O)O.[Na+]. The van der Waals surface area contributed by atoms with Gasteiger partial charge in [0.05, 0.1) is 0 Å². The average molecular weight is 647 g/mol. The molecule has 264 valence electrons. The van der Waals surface area contributed by atoms with Crippen LogP contribution < -0.4 is 34.7 Å². The zero-order valence-corrected chi connectivity index (χ0v) is 33.1. The molecule has 0 radical (unpaired) electrons. The van der Waals surface area contributed by atoms with Crippen molar-refractivity contribution in [2.24, 2.45) is 0 Å². The van der Waals surface area contributed by atoms with Crippen molar-refractivity contribution >= 4 is 11.9 Å². The van der Waals surface area contributed by atoms with E-state index in [4.69, 9.17) is 5.11 Å². The van der Waals surface area contributed by atoms with Crippen molar-refractivity contribution in [2.45, 2.75) is 245 Å². The predicted octanol–water partition coefficient (Wildman–Crippen LogP) is 9.89. The van der Waals surface area contributed by atoms with E-state index in [9.17, 15) is 14.7 Å². The van der Waals surface area contributed by atoms with Crippen molar-refractivity contribution in [3.05, 3.63) is 0 Å². The Morgan fingerprint density at radius 2 is 0.533 bits per heavy atom. The zero-order chi connectivity index (χ0) is 32.6. The van der Waals surface area contributed by atoms with Crippen LogP contribution in [0.4, 0.5) is 0 Å². The van der Waals surface area contributed by atoms with Gasteiger partial charge in [0.15, 0.2) is 0 Å². The van der Waals surface area contributed by atoms with Crippen LogP contribution in [0.25, 0.3) is 0 Å². The third-order valence-electron chi connectivity index (χ3n) is 8.98. The molecule has 0 aromatic carbocycles. The summed E-state index contributed by atoms with van der Waals surface area (Å²) in [5, 5.41) is 18.8. The fourth-order valence-corrected chi connectivity index (χ4v) is 6.00. The van der Waals surface area contributed by atoms with Gasteiger partial charge in [0.1, 0.15) is 0 Å². The van der Waals surface area contributed by atoms with Gasteiger partial charge in [-0.25, -0.2) is 0 Å². The number of hydrogen-bond donors (Lipinski definition) is 1. The van der Waals surface area contributed by atoms with Gasteiger partial charge in [0.25, 0.3) is 0 Å². The zero-order valence-electron chi connectivity index (χ0n) is 31.1. The smallest absolute Gasteiger partial charge is 0.550 e. The van der Waals surface area contributed by atoms with Crippen molar-refractivity contribution < 1.29 is 49.4 Å². The van der Waals surface area contributed by atoms with Gasteiger partial charge in [-0.1, -0.05) is 219 Å². The van der Waals surface area contributed by atoms with Crippen LogP contribution in [-0.2, 0) is 9.59 Å². The summed E-state index contributed by atoms with van der Waals surface area (Å²) in [6.45, 7) is 4.55. The number of rotatable bonds is 36. The molecule has 0 bridgehead atoms. The molecule has 4 nitrogen and oxygen atoms in total. The Balaban J connectivity index is -0.000000779. The number of carbonyl (C=O) groups is 2. The van der Waals surface area contributed by atoms with Gasteiger partial charge in [-0.15, -0.1) is 0 Å². The molecule has 0 fully saturated rings. The second-order valence-corrected chi connectivity index (χ2v) is 13.6. The monoisotopic (exact) mass is 647 g/mol. The summed E-state index contributed by atoms with van der Waals surface area (Å²) in [7, 11) is 0. The molecule has 0 heterocycles. The van der Waals surface area contributed by atoms with Crippen LogP contribution in [0.5, 0.6) is 0 Å². The first-order chi connectivity index (χ1) is 21.5. The molecule has 0 aliphatic rings. The first-order valence-corrected chi connectivity index (χ1v) is 20.0. The van der Waals surface area contributed by atoms with E-state index in [1.807, 2.05) is 0 Å². The van der Waals surface area contributed by atoms with Gasteiger partial charge in [-0.3, -0.25) is 4.79 Å². The molecule has 0 saturated heterocycles. The van der Waals surface area contributed by atoms with E-state index < -0.39 is 11.9 Å². The summed E-state index contributed by atoms with van der Waals surface area (Å²) in [6.07, 6.45) is 46.0. The molecule has 0 aromatic rings. The minimum absolute atomic E-state index is 0. The van der Waals surface area contributed by atoms with E-state index in [1.165, 1.54) is 193 Å². The number of unbranched alkanes of at least 4 members (excludes halogenated alkanes) is 32. The second-order valence-electron chi connectivity index (χ2n) is 13.6. The number of hydrogen-bond acceptors (Lipinski definition) is 3. The Kier molecular flexibility index (Phi) is 50.5. The minimum Gasteiger partial charge on any atom is -0.550 e. The predicted molar refractivity (Wildman–Crippen MR) is 190 cm³/mol. The Hall–Kier alpha value is -0.0600. The molecule has 0 saturated carbocycles. The van der Waals surface area contributed by atoms with E-state index in [1.54, 1.807) is 0 Å². The fourth-order valence-electron chi connectivity index (χ4n) is 6.00. The number of aliphatic carboxylic acids is 2. The molecular formula is C40H79NaO4. The van der Waals surface area contributed by atoms with E-state index in [-0.39, 0.29) is 36.0 Å². The van der Waals surface area contributed by atoms with Gasteiger partial charge < -0.3 is 15.0 Å². The molecule has 0 amide bonds. The third-order valence-corrected chi connectivity index (χ3v) is 8.98. The van der Waals surface area contributed by atoms with E-state index in [0.717, 1.165) is 25.7 Å². The molecular weight excluding hydrogens is 567 g/mol. The first-order valence-electron chi connectivity index (χ1n) is 20.0. The fraction of sp³-hybridized carbons (Fsp3) is 0.950. The maximum Gasteiger partial charge on any atom is 1.00 e. The first kappa shape index (κ1) is 49.3. The Morgan fingerprint density at radius 1 is 0.356 bits per heavy atom. The molecule has 0 atom stereocenters. The van der Waals surface area contributed by atoms with Crippen LogP contribution >= 0.6 is 0 Å². The average Bonchev–Trinajstić information content (AvgIpc) is 3.00. The Morgan fingerprint density at radius 3 is 0.711 bits per heavy atom. The summed E-state index contributed by atoms with van der Waals surface area (Å²) in [4.78, 5) is 20.6. The summed E-state index contributed by atoms with van der Waals surface area (Å²) < 4.78 is 0. The standard InChI is InChI=1S/C22H44O2.C18H36O2.Na/c1-2-3-4-5-6-7-8-9-10-11-12-13-14-15-16-17-18-19-20-21-22(23)24;1-2-3-4-5-6-7-8-9-10-11-12-13-14-15-16-17-18(19)20;/h2-21H2,1H3,(H,23,24);2-17H2,1H3,(H,19,20);/q;;+1/p-1. The van der Waals surface area contributed by atoms with Gasteiger partial charge in [0.2, 0.25) is 0 Å². The van der Waals surface area contributed by atoms with Gasteiger partial charge >= 0.3 is 35.5 Å². The van der Waals surface area contributed by atoms with Gasteiger partial charge in [-0.2, -0.15) is 0 Å². The molecule has 0 aliphatic carbocycles. The van der Waals surface area contributed by atoms with Crippen LogP contribution in [-0.4, -0.2) is 17.0 Å². The summed E-state index contributed by atoms with van der Waals surface area (Å²) in [5.41, 5.74) is 0. The quantitative estimate of drug-likeness (QED) is 0.0543. The van der Waals surface area contributed by atoms with E-state index in [0.29, 0.717) is 6.42 Å². The summed E-state index contributed by atoms with van der Waals surface area (Å²) >= 11 is 0. The molecule has 0 spiro atoms. The minimum atomic E-state index is -0.903. The van der Waals surface area contributed by atoms with Crippen LogP contribution in [0.2, 0.25) is 0 Å². The molecule has 1 N–H and O–H groups in total. The summed E-state index contributed by atoms with van der Waals surface area (Å²) in [6, 6.07) is 0. The topological polar surface area (TPSA) is 77.4 Å². The van der Waals surface area contributed by atoms with Gasteiger partial charge in [-0.05, 0) is 19.3 Å². The largest absolute Gasteiger partial charge is 1.00 e. The van der Waals surface area contributed by atoms with Crippen molar-refractivity contribution in [1.29, 1.82) is 0 Å². The van der Waals surface area contributed by atoms with Crippen LogP contribution in [0.1, 0.15) is 245 Å². The van der Waals surface area contributed by atoms with E-state index in [2.05, 4.69) is 13.8 Å². The van der Waals surface area contributed by atoms with Crippen molar-refractivity contribution in [3.63, 3.8) is 0 Å².